The first kappa shape index (κ1) is 42.6. The minimum absolute atomic E-state index is 0.0361. The van der Waals surface area contributed by atoms with Gasteiger partial charge in [0.1, 0.15) is 0 Å². The van der Waals surface area contributed by atoms with E-state index in [0.717, 1.165) is 21.1 Å². The van der Waals surface area contributed by atoms with Crippen molar-refractivity contribution in [3.05, 3.63) is 118 Å². The molecule has 3 aromatic heterocycles. The van der Waals surface area contributed by atoms with E-state index in [-0.39, 0.29) is 24.5 Å². The van der Waals surface area contributed by atoms with Crippen LogP contribution in [0.1, 0.15) is 34.1 Å². The smallest absolute Gasteiger partial charge is 0.315 e. The first-order valence-corrected chi connectivity index (χ1v) is 19.8. The van der Waals surface area contributed by atoms with E-state index in [0.29, 0.717) is 38.4 Å². The predicted molar refractivity (Wildman–Crippen MR) is 195 cm³/mol. The highest BCUT2D eigenvalue weighted by molar-refractivity contribution is 7.92. The fraction of sp³-hybridized carbons (Fsp3) is 0.212. The molecule has 0 unspecified atom stereocenters. The molecular formula is C33H29Cl2F4N7O7S2. The van der Waals surface area contributed by atoms with Crippen molar-refractivity contribution in [1.29, 1.82) is 0 Å². The standard InChI is InChI=1S/C17H16ClF2N3O4S.C16H13ClF2N4O3S/c1-28(26,27)23(14-4-2-3-12(18)7-14)10-13-6-5-11(8-21-13)15(24)9-22-17(25)16(19)20;1-27(24,25)23(13-4-2-3-11(17)7-13)9-12-6-5-10(8-20-12)15-21-22-16(26-15)14(18)19/h2-8,16H,9-10H2,1H3,(H,22,25);2-8,14H,9H2,1H3. The lowest BCUT2D eigenvalue weighted by Gasteiger charge is -2.22. The van der Waals surface area contributed by atoms with Crippen LogP contribution in [0.4, 0.5) is 28.9 Å². The molecule has 292 valence electrons. The van der Waals surface area contributed by atoms with Gasteiger partial charge in [0.25, 0.3) is 11.8 Å². The molecule has 1 N–H and O–H groups in total. The normalized spacial score (nSPS) is 11.5. The summed E-state index contributed by atoms with van der Waals surface area (Å²) in [6, 6.07) is 18.6. The van der Waals surface area contributed by atoms with Crippen molar-refractivity contribution in [3.63, 3.8) is 0 Å². The zero-order valence-corrected chi connectivity index (χ0v) is 31.6. The monoisotopic (exact) mass is 845 g/mol. The molecule has 1 amide bonds. The molecule has 0 saturated carbocycles. The zero-order valence-electron chi connectivity index (χ0n) is 28.5. The molecular weight excluding hydrogens is 817 g/mol. The topological polar surface area (TPSA) is 186 Å². The van der Waals surface area contributed by atoms with E-state index >= 15 is 0 Å². The van der Waals surface area contributed by atoms with Crippen molar-refractivity contribution in [1.82, 2.24) is 25.5 Å². The van der Waals surface area contributed by atoms with Crippen molar-refractivity contribution in [2.24, 2.45) is 0 Å². The fourth-order valence-corrected chi connectivity index (χ4v) is 6.57. The van der Waals surface area contributed by atoms with E-state index in [1.54, 1.807) is 42.5 Å². The van der Waals surface area contributed by atoms with E-state index in [4.69, 9.17) is 27.6 Å². The summed E-state index contributed by atoms with van der Waals surface area (Å²) < 4.78 is 105. The van der Waals surface area contributed by atoms with Gasteiger partial charge in [-0.25, -0.2) is 16.8 Å². The summed E-state index contributed by atoms with van der Waals surface area (Å²) in [6.45, 7) is -0.733. The number of alkyl halides is 4. The summed E-state index contributed by atoms with van der Waals surface area (Å²) in [4.78, 5) is 30.9. The molecule has 14 nitrogen and oxygen atoms in total. The summed E-state index contributed by atoms with van der Waals surface area (Å²) in [7, 11) is -7.23. The third-order valence-electron chi connectivity index (χ3n) is 7.07. The number of aromatic nitrogens is 4. The van der Waals surface area contributed by atoms with Crippen LogP contribution in [0.2, 0.25) is 10.0 Å². The molecule has 5 aromatic rings. The molecule has 0 fully saturated rings. The van der Waals surface area contributed by atoms with Crippen LogP contribution in [0.3, 0.4) is 0 Å². The number of sulfonamides is 2. The van der Waals surface area contributed by atoms with Crippen molar-refractivity contribution < 1.29 is 48.4 Å². The number of ketones is 1. The maximum Gasteiger partial charge on any atom is 0.315 e. The summed E-state index contributed by atoms with van der Waals surface area (Å²) >= 11 is 11.9. The Morgan fingerprint density at radius 1 is 0.764 bits per heavy atom. The number of hydrogen-bond donors (Lipinski definition) is 1. The molecule has 0 aliphatic rings. The van der Waals surface area contributed by atoms with Gasteiger partial charge in [-0.2, -0.15) is 17.6 Å². The minimum atomic E-state index is -3.64. The number of hydrogen-bond acceptors (Lipinski definition) is 11. The average molecular weight is 847 g/mol. The number of amides is 1. The fourth-order valence-electron chi connectivity index (χ4n) is 4.47. The zero-order chi connectivity index (χ0) is 40.5. The van der Waals surface area contributed by atoms with Gasteiger partial charge in [-0.1, -0.05) is 35.3 Å². The van der Waals surface area contributed by atoms with Gasteiger partial charge >= 0.3 is 12.9 Å². The first-order valence-electron chi connectivity index (χ1n) is 15.4. The van der Waals surface area contributed by atoms with Crippen molar-refractivity contribution in [2.75, 3.05) is 27.7 Å². The van der Waals surface area contributed by atoms with Gasteiger partial charge in [0.05, 0.1) is 60.5 Å². The van der Waals surface area contributed by atoms with Crippen molar-refractivity contribution in [3.8, 4) is 11.5 Å². The third kappa shape index (κ3) is 12.4. The van der Waals surface area contributed by atoms with Crippen LogP contribution < -0.4 is 13.9 Å². The number of carbonyl (C=O) groups excluding carboxylic acids is 2. The lowest BCUT2D eigenvalue weighted by Crippen LogP contribution is -2.34. The average Bonchev–Trinajstić information content (AvgIpc) is 3.63. The Morgan fingerprint density at radius 3 is 1.69 bits per heavy atom. The molecule has 0 spiro atoms. The van der Waals surface area contributed by atoms with E-state index < -0.39 is 57.0 Å². The molecule has 5 rings (SSSR count). The molecule has 3 heterocycles. The quantitative estimate of drug-likeness (QED) is 0.103. The second-order valence-electron chi connectivity index (χ2n) is 11.3. The van der Waals surface area contributed by atoms with Gasteiger partial charge < -0.3 is 9.73 Å². The molecule has 0 saturated heterocycles. The number of halogens is 6. The number of nitrogens with zero attached hydrogens (tertiary/aromatic N) is 6. The predicted octanol–water partition coefficient (Wildman–Crippen LogP) is 5.95. The van der Waals surface area contributed by atoms with Gasteiger partial charge in [-0.05, 0) is 60.7 Å². The van der Waals surface area contributed by atoms with E-state index in [1.807, 2.05) is 5.32 Å². The maximum absolute atomic E-state index is 12.5. The number of benzene rings is 2. The van der Waals surface area contributed by atoms with Crippen molar-refractivity contribution >= 4 is 66.3 Å². The molecule has 2 aromatic carbocycles. The molecule has 22 heteroatoms. The SMILES string of the molecule is CS(=O)(=O)N(Cc1ccc(-c2nnc(C(F)F)o2)cn1)c1cccc(Cl)c1.CS(=O)(=O)N(Cc1ccc(C(=O)CNC(=O)C(F)F)cn1)c1cccc(Cl)c1. The summed E-state index contributed by atoms with van der Waals surface area (Å²) in [5.41, 5.74) is 1.95. The first-order chi connectivity index (χ1) is 25.8. The Balaban J connectivity index is 0.000000245. The molecule has 55 heavy (non-hydrogen) atoms. The minimum Gasteiger partial charge on any atom is -0.415 e. The largest absolute Gasteiger partial charge is 0.415 e. The number of nitrogens with one attached hydrogen (secondary N) is 1. The van der Waals surface area contributed by atoms with Crippen LogP contribution >= 0.6 is 23.2 Å². The molecule has 0 radical (unpaired) electrons. The van der Waals surface area contributed by atoms with E-state index in [2.05, 4.69) is 20.2 Å². The highest BCUT2D eigenvalue weighted by Gasteiger charge is 2.22. The van der Waals surface area contributed by atoms with Gasteiger partial charge in [0.2, 0.25) is 25.9 Å². The lowest BCUT2D eigenvalue weighted by atomic mass is 10.1. The Kier molecular flexibility index (Phi) is 14.3. The van der Waals surface area contributed by atoms with Crippen LogP contribution in [0.25, 0.3) is 11.5 Å². The third-order valence-corrected chi connectivity index (χ3v) is 9.82. The van der Waals surface area contributed by atoms with Crippen LogP contribution in [0.5, 0.6) is 0 Å². The Bertz CT molecular complexity index is 2340. The number of carbonyl (C=O) groups is 2. The number of Topliss-reactive ketones (excluding diaryl/α,β-unsaturated/α-hetero) is 1. The molecule has 0 aliphatic heterocycles. The van der Waals surface area contributed by atoms with Crippen LogP contribution in [0.15, 0.2) is 89.6 Å². The number of rotatable bonds is 14. The maximum atomic E-state index is 12.5. The highest BCUT2D eigenvalue weighted by Crippen LogP contribution is 2.26. The Labute approximate surface area is 322 Å². The molecule has 0 aliphatic carbocycles. The van der Waals surface area contributed by atoms with Gasteiger partial charge in [0.15, 0.2) is 5.78 Å². The second kappa shape index (κ2) is 18.4. The summed E-state index contributed by atoms with van der Waals surface area (Å²) in [5, 5.41) is 9.36. The van der Waals surface area contributed by atoms with Crippen LogP contribution in [-0.4, -0.2) is 74.2 Å². The molecule has 0 bridgehead atoms. The molecule has 0 atom stereocenters. The highest BCUT2D eigenvalue weighted by atomic mass is 35.5. The number of pyridine rings is 2. The summed E-state index contributed by atoms with van der Waals surface area (Å²) in [5.74, 6) is -3.02. The lowest BCUT2D eigenvalue weighted by molar-refractivity contribution is -0.131. The Morgan fingerprint density at radius 2 is 1.29 bits per heavy atom. The van der Waals surface area contributed by atoms with Crippen molar-refractivity contribution in [2.45, 2.75) is 25.9 Å². The number of anilines is 2. The van der Waals surface area contributed by atoms with E-state index in [1.165, 1.54) is 42.7 Å². The van der Waals surface area contributed by atoms with Gasteiger partial charge in [-0.15, -0.1) is 10.2 Å². The Hall–Kier alpha value is -5.18. The van der Waals surface area contributed by atoms with Gasteiger partial charge in [-0.3, -0.25) is 28.2 Å². The van der Waals surface area contributed by atoms with E-state index in [9.17, 15) is 44.0 Å². The van der Waals surface area contributed by atoms with Gasteiger partial charge in [0, 0.05) is 28.0 Å². The summed E-state index contributed by atoms with van der Waals surface area (Å²) in [6.07, 6.45) is -1.42. The van der Waals surface area contributed by atoms with Crippen LogP contribution in [0, 0.1) is 0 Å². The van der Waals surface area contributed by atoms with Crippen LogP contribution in [-0.2, 0) is 37.9 Å². The second-order valence-corrected chi connectivity index (χ2v) is 15.9.